The Labute approximate surface area is 161 Å². The summed E-state index contributed by atoms with van der Waals surface area (Å²) in [7, 11) is 0. The Morgan fingerprint density at radius 3 is 2.64 bits per heavy atom. The molecule has 0 saturated carbocycles. The van der Waals surface area contributed by atoms with E-state index in [0.717, 1.165) is 0 Å². The Morgan fingerprint density at radius 2 is 2.00 bits per heavy atom. The van der Waals surface area contributed by atoms with Gasteiger partial charge in [0.15, 0.2) is 6.61 Å². The number of amides is 3. The van der Waals surface area contributed by atoms with Crippen LogP contribution in [0.3, 0.4) is 0 Å². The molecule has 9 nitrogen and oxygen atoms in total. The number of carbonyl (C=O) groups excluding carboxylic acids is 4. The molecule has 1 unspecified atom stereocenters. The summed E-state index contributed by atoms with van der Waals surface area (Å²) in [6.07, 6.45) is 0.369. The smallest absolute Gasteiger partial charge is 0.344 e. The molecule has 0 radical (unpaired) electrons. The van der Waals surface area contributed by atoms with Gasteiger partial charge in [-0.1, -0.05) is 0 Å². The number of phenolic OH excluding ortho intramolecular Hbond substituents is 1. The first-order valence-electron chi connectivity index (χ1n) is 8.90. The third kappa shape index (κ3) is 4.08. The molecule has 0 aliphatic carbocycles. The fraction of sp³-hybridized carbons (Fsp3) is 0.474. The van der Waals surface area contributed by atoms with Crippen molar-refractivity contribution >= 4 is 23.7 Å². The highest BCUT2D eigenvalue weighted by Gasteiger charge is 2.40. The largest absolute Gasteiger partial charge is 0.508 e. The molecule has 9 heteroatoms. The number of carbonyl (C=O) groups is 4. The van der Waals surface area contributed by atoms with Gasteiger partial charge in [-0.15, -0.1) is 0 Å². The zero-order valence-corrected chi connectivity index (χ0v) is 15.9. The number of nitrogens with one attached hydrogen (secondary N) is 1. The Kier molecular flexibility index (Phi) is 5.01. The summed E-state index contributed by atoms with van der Waals surface area (Å²) in [6, 6.07) is 1.83. The summed E-state index contributed by atoms with van der Waals surface area (Å²) in [5.41, 5.74) is -0.000286. The quantitative estimate of drug-likeness (QED) is 0.578. The average molecular weight is 390 g/mol. The van der Waals surface area contributed by atoms with Crippen LogP contribution in [0.25, 0.3) is 0 Å². The molecule has 150 valence electrons. The molecule has 1 aromatic carbocycles. The number of benzene rings is 1. The molecule has 2 heterocycles. The monoisotopic (exact) mass is 390 g/mol. The van der Waals surface area contributed by atoms with Crippen molar-refractivity contribution < 1.29 is 33.8 Å². The van der Waals surface area contributed by atoms with Crippen LogP contribution in [0.2, 0.25) is 0 Å². The lowest BCUT2D eigenvalue weighted by molar-refractivity contribution is -0.157. The van der Waals surface area contributed by atoms with Gasteiger partial charge in [0, 0.05) is 18.1 Å². The second-order valence-corrected chi connectivity index (χ2v) is 7.75. The van der Waals surface area contributed by atoms with Gasteiger partial charge in [-0.05, 0) is 33.3 Å². The second-order valence-electron chi connectivity index (χ2n) is 7.75. The van der Waals surface area contributed by atoms with E-state index in [9.17, 15) is 24.3 Å². The number of hydrogen-bond acceptors (Lipinski definition) is 7. The first-order chi connectivity index (χ1) is 13.0. The van der Waals surface area contributed by atoms with Crippen molar-refractivity contribution in [2.45, 2.75) is 51.8 Å². The van der Waals surface area contributed by atoms with Crippen LogP contribution in [0.4, 0.5) is 0 Å². The van der Waals surface area contributed by atoms with Crippen LogP contribution in [-0.4, -0.2) is 51.9 Å². The van der Waals surface area contributed by atoms with Gasteiger partial charge in [-0.25, -0.2) is 4.79 Å². The molecular weight excluding hydrogens is 368 g/mol. The molecule has 1 saturated heterocycles. The highest BCUT2D eigenvalue weighted by Crippen LogP contribution is 2.36. The summed E-state index contributed by atoms with van der Waals surface area (Å²) in [6.45, 7) is 4.87. The van der Waals surface area contributed by atoms with Crippen molar-refractivity contribution in [1.29, 1.82) is 0 Å². The number of fused-ring (bicyclic) bond motifs is 1. The van der Waals surface area contributed by atoms with Gasteiger partial charge in [0.05, 0.1) is 12.1 Å². The minimum atomic E-state index is -0.779. The Morgan fingerprint density at radius 1 is 1.29 bits per heavy atom. The molecule has 2 N–H and O–H groups in total. The van der Waals surface area contributed by atoms with Crippen LogP contribution in [0.5, 0.6) is 11.5 Å². The van der Waals surface area contributed by atoms with Crippen LogP contribution in [0.15, 0.2) is 12.1 Å². The van der Waals surface area contributed by atoms with E-state index in [4.69, 9.17) is 9.47 Å². The standard InChI is InChI=1S/C19H22N2O7/c1-19(2,3)28-16(24)9-27-14-7-10(22)6-11-12(14)8-21(18(11)26)13-4-5-15(23)20-17(13)25/h6-7,13,22H,4-5,8-9H2,1-3H3,(H,20,23,25). The van der Waals surface area contributed by atoms with Gasteiger partial charge < -0.3 is 19.5 Å². The number of imide groups is 1. The number of hydrogen-bond donors (Lipinski definition) is 2. The predicted octanol–water partition coefficient (Wildman–Crippen LogP) is 0.874. The van der Waals surface area contributed by atoms with Crippen molar-refractivity contribution in [1.82, 2.24) is 10.2 Å². The Bertz CT molecular complexity index is 857. The first kappa shape index (κ1) is 19.7. The van der Waals surface area contributed by atoms with E-state index in [-0.39, 0.29) is 49.0 Å². The third-order valence-corrected chi connectivity index (χ3v) is 4.37. The SMILES string of the molecule is CC(C)(C)OC(=O)COc1cc(O)cc2c1CN(C1CCC(=O)NC1=O)C2=O. The minimum Gasteiger partial charge on any atom is -0.508 e. The molecule has 2 aliphatic heterocycles. The molecule has 0 spiro atoms. The van der Waals surface area contributed by atoms with Crippen LogP contribution in [-0.2, 0) is 25.7 Å². The number of ether oxygens (including phenoxy) is 2. The molecule has 2 aliphatic rings. The first-order valence-corrected chi connectivity index (χ1v) is 8.90. The lowest BCUT2D eigenvalue weighted by atomic mass is 10.0. The van der Waals surface area contributed by atoms with Crippen molar-refractivity contribution in [2.75, 3.05) is 6.61 Å². The van der Waals surface area contributed by atoms with Crippen molar-refractivity contribution in [3.63, 3.8) is 0 Å². The molecule has 1 atom stereocenters. The summed E-state index contributed by atoms with van der Waals surface area (Å²) < 4.78 is 10.7. The van der Waals surface area contributed by atoms with Crippen molar-refractivity contribution in [3.8, 4) is 11.5 Å². The summed E-state index contributed by atoms with van der Waals surface area (Å²) in [4.78, 5) is 49.5. The third-order valence-electron chi connectivity index (χ3n) is 4.37. The molecule has 0 bridgehead atoms. The summed E-state index contributed by atoms with van der Waals surface area (Å²) in [5, 5.41) is 12.2. The maximum Gasteiger partial charge on any atom is 0.344 e. The molecule has 28 heavy (non-hydrogen) atoms. The average Bonchev–Trinajstić information content (AvgIpc) is 2.88. The zero-order chi connectivity index (χ0) is 20.6. The number of phenols is 1. The molecule has 3 amide bonds. The maximum absolute atomic E-state index is 12.8. The maximum atomic E-state index is 12.8. The van der Waals surface area contributed by atoms with Gasteiger partial charge in [0.1, 0.15) is 23.1 Å². The highest BCUT2D eigenvalue weighted by molar-refractivity contribution is 6.05. The van der Waals surface area contributed by atoms with E-state index in [1.165, 1.54) is 17.0 Å². The van der Waals surface area contributed by atoms with E-state index < -0.39 is 29.4 Å². The Balaban J connectivity index is 1.79. The van der Waals surface area contributed by atoms with Crippen molar-refractivity contribution in [3.05, 3.63) is 23.3 Å². The van der Waals surface area contributed by atoms with Gasteiger partial charge in [0.25, 0.3) is 5.91 Å². The molecular formula is C19H22N2O7. The zero-order valence-electron chi connectivity index (χ0n) is 15.9. The fourth-order valence-electron chi connectivity index (χ4n) is 3.25. The van der Waals surface area contributed by atoms with Gasteiger partial charge >= 0.3 is 5.97 Å². The van der Waals surface area contributed by atoms with Gasteiger partial charge in [-0.2, -0.15) is 0 Å². The molecule has 3 rings (SSSR count). The molecule has 1 aromatic rings. The van der Waals surface area contributed by atoms with E-state index in [2.05, 4.69) is 5.32 Å². The number of esters is 1. The topological polar surface area (TPSA) is 122 Å². The molecule has 1 fully saturated rings. The van der Waals surface area contributed by atoms with Crippen LogP contribution in [0.1, 0.15) is 49.5 Å². The second kappa shape index (κ2) is 7.14. The molecule has 0 aromatic heterocycles. The van der Waals surface area contributed by atoms with E-state index in [0.29, 0.717) is 5.56 Å². The van der Waals surface area contributed by atoms with Crippen LogP contribution in [0, 0.1) is 0 Å². The number of rotatable bonds is 4. The number of nitrogens with zero attached hydrogens (tertiary/aromatic N) is 1. The summed E-state index contributed by atoms with van der Waals surface area (Å²) in [5.74, 6) is -1.96. The number of aromatic hydroxyl groups is 1. The van der Waals surface area contributed by atoms with Crippen LogP contribution >= 0.6 is 0 Å². The fourth-order valence-corrected chi connectivity index (χ4v) is 3.25. The number of piperidine rings is 1. The van der Waals surface area contributed by atoms with E-state index in [1.807, 2.05) is 0 Å². The van der Waals surface area contributed by atoms with Gasteiger partial charge in [0.2, 0.25) is 11.8 Å². The Hall–Kier alpha value is -3.10. The van der Waals surface area contributed by atoms with Crippen molar-refractivity contribution in [2.24, 2.45) is 0 Å². The van der Waals surface area contributed by atoms with E-state index in [1.54, 1.807) is 20.8 Å². The lowest BCUT2D eigenvalue weighted by Crippen LogP contribution is -2.52. The normalized spacial score (nSPS) is 19.3. The van der Waals surface area contributed by atoms with Crippen LogP contribution < -0.4 is 10.1 Å². The predicted molar refractivity (Wildman–Crippen MR) is 95.5 cm³/mol. The van der Waals surface area contributed by atoms with E-state index >= 15 is 0 Å². The summed E-state index contributed by atoms with van der Waals surface area (Å²) >= 11 is 0. The lowest BCUT2D eigenvalue weighted by Gasteiger charge is -2.29. The van der Waals surface area contributed by atoms with Gasteiger partial charge in [-0.3, -0.25) is 19.7 Å². The minimum absolute atomic E-state index is 0.0738. The highest BCUT2D eigenvalue weighted by atomic mass is 16.6.